The first-order chi connectivity index (χ1) is 7.22. The molecule has 0 atom stereocenters. The van der Waals surface area contributed by atoms with Gasteiger partial charge >= 0.3 is 0 Å². The molecule has 0 saturated heterocycles. The smallest absolute Gasteiger partial charge is 0.132 e. The number of nitrogens with two attached hydrogens (primary N) is 1. The Labute approximate surface area is 95.7 Å². The van der Waals surface area contributed by atoms with Gasteiger partial charge in [0.2, 0.25) is 0 Å². The second-order valence-electron chi connectivity index (χ2n) is 5.25. The zero-order valence-electron chi connectivity index (χ0n) is 10.3. The van der Waals surface area contributed by atoms with Gasteiger partial charge in [-0.05, 0) is 37.8 Å². The zero-order valence-corrected chi connectivity index (χ0v) is 10.3. The molecule has 0 fully saturated rings. The second kappa shape index (κ2) is 4.50. The summed E-state index contributed by atoms with van der Waals surface area (Å²) in [6, 6.07) is 2.82. The van der Waals surface area contributed by atoms with E-state index in [1.165, 1.54) is 12.1 Å². The van der Waals surface area contributed by atoms with Crippen molar-refractivity contribution in [2.75, 3.05) is 0 Å². The predicted octanol–water partition coefficient (Wildman–Crippen LogP) is 3.37. The van der Waals surface area contributed by atoms with Gasteiger partial charge in [0.05, 0.1) is 0 Å². The molecule has 0 spiro atoms. The summed E-state index contributed by atoms with van der Waals surface area (Å²) >= 11 is 0. The Morgan fingerprint density at radius 2 is 1.81 bits per heavy atom. The number of halogens is 2. The summed E-state index contributed by atoms with van der Waals surface area (Å²) in [6.45, 7) is 7.28. The van der Waals surface area contributed by atoms with Crippen molar-refractivity contribution in [2.24, 2.45) is 5.73 Å². The van der Waals surface area contributed by atoms with Crippen LogP contribution in [-0.4, -0.2) is 5.54 Å². The summed E-state index contributed by atoms with van der Waals surface area (Å²) in [5.41, 5.74) is 5.82. The lowest BCUT2D eigenvalue weighted by Crippen LogP contribution is -2.35. The fourth-order valence-electron chi connectivity index (χ4n) is 1.68. The minimum atomic E-state index is -0.614. The average molecular weight is 227 g/mol. The topological polar surface area (TPSA) is 26.0 Å². The molecule has 0 aliphatic carbocycles. The molecule has 0 bridgehead atoms. The maximum absolute atomic E-state index is 14.0. The van der Waals surface area contributed by atoms with Crippen LogP contribution in [-0.2, 0) is 6.42 Å². The Hall–Kier alpha value is -0.960. The Morgan fingerprint density at radius 3 is 2.25 bits per heavy atom. The first-order valence-electron chi connectivity index (χ1n) is 5.48. The highest BCUT2D eigenvalue weighted by Gasteiger charge is 2.21. The summed E-state index contributed by atoms with van der Waals surface area (Å²) in [4.78, 5) is 0. The van der Waals surface area contributed by atoms with Gasteiger partial charge < -0.3 is 5.73 Å². The molecule has 1 nitrogen and oxygen atoms in total. The molecule has 1 aromatic rings. The maximum atomic E-state index is 14.0. The van der Waals surface area contributed by atoms with Crippen LogP contribution in [0.15, 0.2) is 12.1 Å². The Morgan fingerprint density at radius 1 is 1.25 bits per heavy atom. The van der Waals surface area contributed by atoms with E-state index in [9.17, 15) is 8.78 Å². The molecule has 2 N–H and O–H groups in total. The normalized spacial score (nSPS) is 12.2. The van der Waals surface area contributed by atoms with Gasteiger partial charge in [-0.2, -0.15) is 0 Å². The van der Waals surface area contributed by atoms with E-state index in [4.69, 9.17) is 5.73 Å². The molecule has 3 heteroatoms. The highest BCUT2D eigenvalue weighted by Crippen LogP contribution is 2.25. The van der Waals surface area contributed by atoms with Gasteiger partial charge in [0.25, 0.3) is 0 Å². The van der Waals surface area contributed by atoms with E-state index in [-0.39, 0.29) is 17.9 Å². The van der Waals surface area contributed by atoms with Crippen LogP contribution in [0, 0.1) is 11.6 Å². The minimum absolute atomic E-state index is 0.0419. The highest BCUT2D eigenvalue weighted by atomic mass is 19.1. The zero-order chi connectivity index (χ0) is 12.5. The number of rotatable bonds is 3. The van der Waals surface area contributed by atoms with Crippen molar-refractivity contribution in [1.29, 1.82) is 0 Å². The predicted molar refractivity (Wildman–Crippen MR) is 62.4 cm³/mol. The Bertz CT molecular complexity index is 378. The molecule has 0 amide bonds. The average Bonchev–Trinajstić information content (AvgIpc) is 2.10. The molecule has 0 aliphatic heterocycles. The standard InChI is InChI=1S/C13H19F2N/c1-8(2)9-5-6-11(14)10(12(9)15)7-13(3,4)16/h5-6,8H,7,16H2,1-4H3. The lowest BCUT2D eigenvalue weighted by molar-refractivity contribution is 0.468. The van der Waals surface area contributed by atoms with Crippen LogP contribution >= 0.6 is 0 Å². The summed E-state index contributed by atoms with van der Waals surface area (Å²) in [6.07, 6.45) is 0.200. The monoisotopic (exact) mass is 227 g/mol. The van der Waals surface area contributed by atoms with Gasteiger partial charge in [0.1, 0.15) is 11.6 Å². The molecule has 0 aliphatic rings. The van der Waals surface area contributed by atoms with Crippen molar-refractivity contribution in [3.8, 4) is 0 Å². The van der Waals surface area contributed by atoms with Crippen LogP contribution in [0.3, 0.4) is 0 Å². The summed E-state index contributed by atoms with van der Waals surface area (Å²) in [5.74, 6) is -0.922. The van der Waals surface area contributed by atoms with Crippen molar-refractivity contribution in [1.82, 2.24) is 0 Å². The third kappa shape index (κ3) is 3.01. The molecule has 0 unspecified atom stereocenters. The summed E-state index contributed by atoms with van der Waals surface area (Å²) in [5, 5.41) is 0. The minimum Gasteiger partial charge on any atom is -0.325 e. The van der Waals surface area contributed by atoms with Crippen molar-refractivity contribution >= 4 is 0 Å². The Kier molecular flexibility index (Phi) is 3.68. The van der Waals surface area contributed by atoms with Gasteiger partial charge in [-0.1, -0.05) is 19.9 Å². The van der Waals surface area contributed by atoms with Crippen LogP contribution in [0.4, 0.5) is 8.78 Å². The molecular weight excluding hydrogens is 208 g/mol. The molecule has 0 aromatic heterocycles. The quantitative estimate of drug-likeness (QED) is 0.841. The van der Waals surface area contributed by atoms with E-state index in [0.717, 1.165) is 0 Å². The largest absolute Gasteiger partial charge is 0.325 e. The van der Waals surface area contributed by atoms with Crippen LogP contribution in [0.5, 0.6) is 0 Å². The second-order valence-corrected chi connectivity index (χ2v) is 5.25. The summed E-state index contributed by atoms with van der Waals surface area (Å²) < 4.78 is 27.5. The van der Waals surface area contributed by atoms with E-state index in [1.54, 1.807) is 13.8 Å². The van der Waals surface area contributed by atoms with Gasteiger partial charge in [0.15, 0.2) is 0 Å². The number of hydrogen-bond acceptors (Lipinski definition) is 1. The molecule has 1 aromatic carbocycles. The van der Waals surface area contributed by atoms with Crippen LogP contribution in [0.1, 0.15) is 44.7 Å². The van der Waals surface area contributed by atoms with E-state index in [1.807, 2.05) is 13.8 Å². The molecule has 90 valence electrons. The first-order valence-corrected chi connectivity index (χ1v) is 5.48. The van der Waals surface area contributed by atoms with Gasteiger partial charge in [0, 0.05) is 11.1 Å². The number of benzene rings is 1. The molecule has 1 rings (SSSR count). The van der Waals surface area contributed by atoms with Crippen LogP contribution < -0.4 is 5.73 Å². The number of hydrogen-bond donors (Lipinski definition) is 1. The molecule has 0 heterocycles. The molecule has 0 saturated carbocycles. The van der Waals surface area contributed by atoms with Gasteiger partial charge in [-0.15, -0.1) is 0 Å². The third-order valence-corrected chi connectivity index (χ3v) is 2.47. The van der Waals surface area contributed by atoms with E-state index in [0.29, 0.717) is 5.56 Å². The fourth-order valence-corrected chi connectivity index (χ4v) is 1.68. The van der Waals surface area contributed by atoms with E-state index < -0.39 is 17.2 Å². The molecule has 0 radical (unpaired) electrons. The fraction of sp³-hybridized carbons (Fsp3) is 0.538. The van der Waals surface area contributed by atoms with Gasteiger partial charge in [-0.3, -0.25) is 0 Å². The molecule has 16 heavy (non-hydrogen) atoms. The highest BCUT2D eigenvalue weighted by molar-refractivity contribution is 5.30. The maximum Gasteiger partial charge on any atom is 0.132 e. The van der Waals surface area contributed by atoms with Crippen molar-refractivity contribution < 1.29 is 8.78 Å². The van der Waals surface area contributed by atoms with Crippen molar-refractivity contribution in [3.05, 3.63) is 34.9 Å². The van der Waals surface area contributed by atoms with E-state index >= 15 is 0 Å². The lowest BCUT2D eigenvalue weighted by atomic mass is 9.91. The van der Waals surface area contributed by atoms with Crippen molar-refractivity contribution in [2.45, 2.75) is 45.6 Å². The van der Waals surface area contributed by atoms with Gasteiger partial charge in [-0.25, -0.2) is 8.78 Å². The molecular formula is C13H19F2N. The summed E-state index contributed by atoms with van der Waals surface area (Å²) in [7, 11) is 0. The third-order valence-electron chi connectivity index (χ3n) is 2.47. The van der Waals surface area contributed by atoms with Crippen molar-refractivity contribution in [3.63, 3.8) is 0 Å². The Balaban J connectivity index is 3.21. The first kappa shape index (κ1) is 13.1. The SMILES string of the molecule is CC(C)c1ccc(F)c(CC(C)(C)N)c1F. The lowest BCUT2D eigenvalue weighted by Gasteiger charge is -2.20. The van der Waals surface area contributed by atoms with E-state index in [2.05, 4.69) is 0 Å². The van der Waals surface area contributed by atoms with Crippen LogP contribution in [0.25, 0.3) is 0 Å². The van der Waals surface area contributed by atoms with Crippen LogP contribution in [0.2, 0.25) is 0 Å².